The average Bonchev–Trinajstić information content (AvgIpc) is 2.26. The third-order valence-electron chi connectivity index (χ3n) is 2.72. The number of hydrogen-bond donors (Lipinski definition) is 1. The maximum absolute atomic E-state index is 12.1. The molecule has 0 aliphatic heterocycles. The maximum Gasteiger partial charge on any atom is 0.240 e. The van der Waals surface area contributed by atoms with Crippen LogP contribution in [-0.2, 0) is 10.0 Å². The Kier molecular flexibility index (Phi) is 5.82. The first-order valence-corrected chi connectivity index (χ1v) is 8.47. The van der Waals surface area contributed by atoms with Gasteiger partial charge in [-0.3, -0.25) is 0 Å². The zero-order valence-corrected chi connectivity index (χ0v) is 13.4. The van der Waals surface area contributed by atoms with Gasteiger partial charge in [0.25, 0.3) is 0 Å². The van der Waals surface area contributed by atoms with Crippen molar-refractivity contribution in [3.05, 3.63) is 29.3 Å². The molecule has 0 heterocycles. The van der Waals surface area contributed by atoms with E-state index in [0.717, 1.165) is 24.0 Å². The Labute approximate surface area is 118 Å². The quantitative estimate of drug-likeness (QED) is 0.813. The summed E-state index contributed by atoms with van der Waals surface area (Å²) in [5.41, 5.74) is 1.85. The van der Waals surface area contributed by atoms with Crippen molar-refractivity contribution >= 4 is 26.0 Å². The lowest BCUT2D eigenvalue weighted by Gasteiger charge is -2.12. The van der Waals surface area contributed by atoms with Crippen LogP contribution in [0.3, 0.4) is 0 Å². The van der Waals surface area contributed by atoms with Gasteiger partial charge in [0.15, 0.2) is 0 Å². The van der Waals surface area contributed by atoms with Crippen LogP contribution in [0.5, 0.6) is 0 Å². The zero-order valence-electron chi connectivity index (χ0n) is 11.0. The number of hydrogen-bond acceptors (Lipinski definition) is 2. The molecule has 1 aromatic rings. The summed E-state index contributed by atoms with van der Waals surface area (Å²) in [4.78, 5) is 0.548. The highest BCUT2D eigenvalue weighted by molar-refractivity contribution is 9.09. The highest BCUT2D eigenvalue weighted by Gasteiger charge is 2.17. The highest BCUT2D eigenvalue weighted by atomic mass is 79.9. The fraction of sp³-hybridized carbons (Fsp3) is 0.538. The average molecular weight is 334 g/mol. The number of benzene rings is 1. The molecule has 0 fully saturated rings. The second-order valence-electron chi connectivity index (χ2n) is 4.51. The first-order chi connectivity index (χ1) is 8.36. The molecule has 18 heavy (non-hydrogen) atoms. The van der Waals surface area contributed by atoms with Gasteiger partial charge in [-0.2, -0.15) is 0 Å². The van der Waals surface area contributed by atoms with Crippen molar-refractivity contribution in [1.82, 2.24) is 4.72 Å². The summed E-state index contributed by atoms with van der Waals surface area (Å²) < 4.78 is 26.9. The van der Waals surface area contributed by atoms with E-state index in [2.05, 4.69) is 27.6 Å². The van der Waals surface area contributed by atoms with Gasteiger partial charge < -0.3 is 0 Å². The van der Waals surface area contributed by atoms with Gasteiger partial charge in [-0.1, -0.05) is 47.0 Å². The Balaban J connectivity index is 2.80. The van der Waals surface area contributed by atoms with Gasteiger partial charge in [0, 0.05) is 11.4 Å². The van der Waals surface area contributed by atoms with Gasteiger partial charge in [0.2, 0.25) is 10.0 Å². The molecule has 0 saturated carbocycles. The topological polar surface area (TPSA) is 46.2 Å². The highest BCUT2D eigenvalue weighted by Crippen LogP contribution is 2.17. The molecule has 0 spiro atoms. The third-order valence-corrected chi connectivity index (χ3v) is 5.08. The molecule has 0 radical (unpaired) electrons. The molecule has 1 N–H and O–H groups in total. The molecule has 1 rings (SSSR count). The van der Waals surface area contributed by atoms with Crippen LogP contribution in [0.4, 0.5) is 0 Å². The summed E-state index contributed by atoms with van der Waals surface area (Å²) in [6, 6.07) is 5.36. The van der Waals surface area contributed by atoms with Crippen LogP contribution >= 0.6 is 15.9 Å². The van der Waals surface area contributed by atoms with Gasteiger partial charge in [-0.15, -0.1) is 0 Å². The van der Waals surface area contributed by atoms with E-state index in [4.69, 9.17) is 0 Å². The van der Waals surface area contributed by atoms with E-state index >= 15 is 0 Å². The molecule has 1 atom stereocenters. The van der Waals surface area contributed by atoms with E-state index in [1.54, 1.807) is 6.07 Å². The maximum atomic E-state index is 12.1. The Hall–Kier alpha value is -0.390. The number of sulfonamides is 1. The predicted octanol–water partition coefficient (Wildman–Crippen LogP) is 3.15. The molecule has 0 aliphatic rings. The summed E-state index contributed by atoms with van der Waals surface area (Å²) in [7, 11) is -3.40. The van der Waals surface area contributed by atoms with Crippen molar-refractivity contribution in [1.29, 1.82) is 0 Å². The molecule has 102 valence electrons. The van der Waals surface area contributed by atoms with E-state index in [1.807, 2.05) is 26.0 Å². The second kappa shape index (κ2) is 6.68. The van der Waals surface area contributed by atoms with Gasteiger partial charge >= 0.3 is 0 Å². The summed E-state index contributed by atoms with van der Waals surface area (Å²) in [6.45, 7) is 6.27. The SMILES string of the molecule is CCCC(Br)CNS(=O)(=O)c1ccc(C)cc1C. The van der Waals surface area contributed by atoms with Crippen molar-refractivity contribution in [2.75, 3.05) is 6.54 Å². The summed E-state index contributed by atoms with van der Waals surface area (Å²) in [5, 5.41) is 0. The van der Waals surface area contributed by atoms with Gasteiger partial charge in [0.05, 0.1) is 4.90 Å². The second-order valence-corrected chi connectivity index (χ2v) is 7.54. The summed E-state index contributed by atoms with van der Waals surface area (Å²) in [6.07, 6.45) is 1.98. The minimum atomic E-state index is -3.40. The standard InChI is InChI=1S/C13H20BrNO2S/c1-4-5-12(14)9-15-18(16,17)13-7-6-10(2)8-11(13)3/h6-8,12,15H,4-5,9H2,1-3H3. The van der Waals surface area contributed by atoms with Crippen molar-refractivity contribution < 1.29 is 8.42 Å². The van der Waals surface area contributed by atoms with Crippen molar-refractivity contribution in [2.45, 2.75) is 43.3 Å². The first kappa shape index (κ1) is 15.7. The van der Waals surface area contributed by atoms with E-state index in [9.17, 15) is 8.42 Å². The van der Waals surface area contributed by atoms with Gasteiger partial charge in [0.1, 0.15) is 0 Å². The van der Waals surface area contributed by atoms with E-state index < -0.39 is 10.0 Å². The minimum absolute atomic E-state index is 0.183. The Morgan fingerprint density at radius 1 is 1.33 bits per heavy atom. The number of halogens is 1. The summed E-state index contributed by atoms with van der Waals surface area (Å²) >= 11 is 3.47. The molecule has 0 saturated heterocycles. The Bertz CT molecular complexity index is 500. The van der Waals surface area contributed by atoms with Crippen molar-refractivity contribution in [2.24, 2.45) is 0 Å². The minimum Gasteiger partial charge on any atom is -0.210 e. The van der Waals surface area contributed by atoms with Gasteiger partial charge in [-0.05, 0) is 31.9 Å². The molecule has 5 heteroatoms. The molecular formula is C13H20BrNO2S. The zero-order chi connectivity index (χ0) is 13.8. The Morgan fingerprint density at radius 2 is 2.00 bits per heavy atom. The molecular weight excluding hydrogens is 314 g/mol. The number of aryl methyl sites for hydroxylation is 2. The van der Waals surface area contributed by atoms with Crippen LogP contribution in [-0.4, -0.2) is 19.8 Å². The van der Waals surface area contributed by atoms with Crippen LogP contribution in [0, 0.1) is 13.8 Å². The largest absolute Gasteiger partial charge is 0.240 e. The molecule has 3 nitrogen and oxygen atoms in total. The van der Waals surface area contributed by atoms with Crippen LogP contribution < -0.4 is 4.72 Å². The monoisotopic (exact) mass is 333 g/mol. The number of rotatable bonds is 6. The van der Waals surface area contributed by atoms with E-state index in [-0.39, 0.29) is 4.83 Å². The van der Waals surface area contributed by atoms with Crippen LogP contribution in [0.2, 0.25) is 0 Å². The Morgan fingerprint density at radius 3 is 2.56 bits per heavy atom. The van der Waals surface area contributed by atoms with E-state index in [0.29, 0.717) is 11.4 Å². The lowest BCUT2D eigenvalue weighted by molar-refractivity contribution is 0.577. The fourth-order valence-electron chi connectivity index (χ4n) is 1.79. The smallest absolute Gasteiger partial charge is 0.210 e. The normalized spacial score (nSPS) is 13.6. The van der Waals surface area contributed by atoms with Gasteiger partial charge in [-0.25, -0.2) is 13.1 Å². The third kappa shape index (κ3) is 4.37. The molecule has 1 aromatic carbocycles. The van der Waals surface area contributed by atoms with Crippen molar-refractivity contribution in [3.8, 4) is 0 Å². The molecule has 0 bridgehead atoms. The van der Waals surface area contributed by atoms with Crippen LogP contribution in [0.15, 0.2) is 23.1 Å². The fourth-order valence-corrected chi connectivity index (χ4v) is 3.93. The lowest BCUT2D eigenvalue weighted by Crippen LogP contribution is -2.30. The summed E-state index contributed by atoms with van der Waals surface area (Å²) in [5.74, 6) is 0. The molecule has 0 aliphatic carbocycles. The number of alkyl halides is 1. The van der Waals surface area contributed by atoms with E-state index in [1.165, 1.54) is 0 Å². The van der Waals surface area contributed by atoms with Crippen LogP contribution in [0.25, 0.3) is 0 Å². The molecule has 0 amide bonds. The van der Waals surface area contributed by atoms with Crippen molar-refractivity contribution in [3.63, 3.8) is 0 Å². The molecule has 0 aromatic heterocycles. The number of nitrogens with one attached hydrogen (secondary N) is 1. The predicted molar refractivity (Wildman–Crippen MR) is 78.7 cm³/mol. The lowest BCUT2D eigenvalue weighted by atomic mass is 10.2. The molecule has 1 unspecified atom stereocenters. The first-order valence-electron chi connectivity index (χ1n) is 6.07. The van der Waals surface area contributed by atoms with Crippen LogP contribution in [0.1, 0.15) is 30.9 Å².